The Morgan fingerprint density at radius 3 is 2.45 bits per heavy atom. The molecule has 0 radical (unpaired) electrons. The van der Waals surface area contributed by atoms with Gasteiger partial charge < -0.3 is 0 Å². The van der Waals surface area contributed by atoms with Gasteiger partial charge >= 0.3 is 0 Å². The minimum atomic E-state index is 0.608. The molecule has 4 aromatic rings. The van der Waals surface area contributed by atoms with Crippen LogP contribution in [0.2, 0.25) is 0 Å². The molecule has 0 spiro atoms. The lowest BCUT2D eigenvalue weighted by Crippen LogP contribution is -2.02. The van der Waals surface area contributed by atoms with Gasteiger partial charge in [0, 0.05) is 17.5 Å². The Balaban J connectivity index is 1.61. The van der Waals surface area contributed by atoms with E-state index in [0.717, 1.165) is 29.5 Å². The van der Waals surface area contributed by atoms with Crippen molar-refractivity contribution in [2.24, 2.45) is 0 Å². The number of aryl methyl sites for hydroxylation is 2. The smallest absolute Gasteiger partial charge is 0.205 e. The number of nitrogens with one attached hydrogen (secondary N) is 1. The zero-order valence-corrected chi connectivity index (χ0v) is 16.9. The summed E-state index contributed by atoms with van der Waals surface area (Å²) in [5.74, 6) is 0.608. The number of tetrazole rings is 1. The lowest BCUT2D eigenvalue weighted by atomic mass is 9.94. The van der Waals surface area contributed by atoms with Gasteiger partial charge in [-0.25, -0.2) is 0 Å². The van der Waals surface area contributed by atoms with Crippen LogP contribution in [0.15, 0.2) is 60.8 Å². The maximum atomic E-state index is 4.66. The van der Waals surface area contributed by atoms with E-state index in [-0.39, 0.29) is 0 Å². The van der Waals surface area contributed by atoms with E-state index in [1.807, 2.05) is 24.4 Å². The number of unbranched alkanes of at least 4 members (excludes halogenated alkanes) is 1. The van der Waals surface area contributed by atoms with Gasteiger partial charge in [0.25, 0.3) is 0 Å². The maximum Gasteiger partial charge on any atom is 0.205 e. The number of hydrogen-bond donors (Lipinski definition) is 1. The van der Waals surface area contributed by atoms with Crippen molar-refractivity contribution in [1.29, 1.82) is 0 Å². The van der Waals surface area contributed by atoms with E-state index in [9.17, 15) is 0 Å². The van der Waals surface area contributed by atoms with Crippen LogP contribution < -0.4 is 0 Å². The van der Waals surface area contributed by atoms with Crippen molar-refractivity contribution in [2.75, 3.05) is 0 Å². The Bertz CT molecular complexity index is 1070. The Labute approximate surface area is 171 Å². The number of nitrogens with zero attached hydrogens (tertiary/aromatic N) is 4. The van der Waals surface area contributed by atoms with Gasteiger partial charge in [-0.15, -0.1) is 10.2 Å². The van der Waals surface area contributed by atoms with Gasteiger partial charge in [-0.2, -0.15) is 5.21 Å². The highest BCUT2D eigenvalue weighted by molar-refractivity contribution is 5.80. The maximum absolute atomic E-state index is 4.66. The van der Waals surface area contributed by atoms with Crippen molar-refractivity contribution < 1.29 is 0 Å². The van der Waals surface area contributed by atoms with Crippen LogP contribution in [0.5, 0.6) is 0 Å². The topological polar surface area (TPSA) is 67.3 Å². The Hall–Kier alpha value is -3.34. The van der Waals surface area contributed by atoms with Crippen LogP contribution in [0.25, 0.3) is 22.5 Å². The van der Waals surface area contributed by atoms with E-state index >= 15 is 0 Å². The molecule has 5 nitrogen and oxygen atoms in total. The number of H-pyrrole nitrogens is 1. The monoisotopic (exact) mass is 383 g/mol. The average molecular weight is 383 g/mol. The number of rotatable bonds is 7. The lowest BCUT2D eigenvalue weighted by molar-refractivity contribution is 0.766. The molecule has 0 atom stereocenters. The summed E-state index contributed by atoms with van der Waals surface area (Å²) in [5, 5.41) is 14.5. The summed E-state index contributed by atoms with van der Waals surface area (Å²) in [6.45, 7) is 4.41. The molecule has 2 aromatic heterocycles. The first-order valence-electron chi connectivity index (χ1n) is 10.1. The first-order chi connectivity index (χ1) is 14.3. The summed E-state index contributed by atoms with van der Waals surface area (Å²) in [4.78, 5) is 4.66. The Morgan fingerprint density at radius 1 is 0.931 bits per heavy atom. The molecule has 0 amide bonds. The van der Waals surface area contributed by atoms with Gasteiger partial charge in [-0.05, 0) is 65.3 Å². The molecule has 29 heavy (non-hydrogen) atoms. The zero-order valence-electron chi connectivity index (χ0n) is 16.9. The average Bonchev–Trinajstić information content (AvgIpc) is 3.29. The molecular weight excluding hydrogens is 358 g/mol. The highest BCUT2D eigenvalue weighted by Gasteiger charge is 2.12. The van der Waals surface area contributed by atoms with Crippen LogP contribution >= 0.6 is 0 Å². The summed E-state index contributed by atoms with van der Waals surface area (Å²) < 4.78 is 0. The standard InChI is InChI=1S/C24H25N5/c1-3-4-9-23-22(17(2)14-15-25-23)16-18-10-12-19(13-11-18)20-7-5-6-8-21(20)24-26-28-29-27-24/h5-8,10-15H,3-4,9,16H2,1-2H3,(H,26,27,28,29). The SMILES string of the molecule is CCCCc1nccc(C)c1Cc1ccc(-c2ccccc2-c2nn[nH]n2)cc1. The predicted molar refractivity (Wildman–Crippen MR) is 115 cm³/mol. The van der Waals surface area contributed by atoms with Crippen molar-refractivity contribution in [3.05, 3.63) is 83.2 Å². The molecule has 0 saturated heterocycles. The highest BCUT2D eigenvalue weighted by Crippen LogP contribution is 2.30. The molecule has 0 fully saturated rings. The van der Waals surface area contributed by atoms with Crippen molar-refractivity contribution in [1.82, 2.24) is 25.6 Å². The molecule has 1 N–H and O–H groups in total. The van der Waals surface area contributed by atoms with Crippen molar-refractivity contribution in [3.63, 3.8) is 0 Å². The molecule has 0 saturated carbocycles. The fourth-order valence-electron chi connectivity index (χ4n) is 3.66. The summed E-state index contributed by atoms with van der Waals surface area (Å²) in [6, 6.07) is 19.0. The van der Waals surface area contributed by atoms with Gasteiger partial charge in [0.05, 0.1) is 0 Å². The minimum absolute atomic E-state index is 0.608. The second kappa shape index (κ2) is 8.78. The predicted octanol–water partition coefficient (Wildman–Crippen LogP) is 5.17. The summed E-state index contributed by atoms with van der Waals surface area (Å²) in [7, 11) is 0. The van der Waals surface area contributed by atoms with Gasteiger partial charge in [-0.1, -0.05) is 61.9 Å². The van der Waals surface area contributed by atoms with E-state index in [1.165, 1.54) is 35.2 Å². The molecule has 5 heteroatoms. The molecule has 4 rings (SSSR count). The van der Waals surface area contributed by atoms with Crippen LogP contribution in [0.4, 0.5) is 0 Å². The minimum Gasteiger partial charge on any atom is -0.261 e. The molecule has 2 aromatic carbocycles. The van der Waals surface area contributed by atoms with E-state index in [0.29, 0.717) is 5.82 Å². The van der Waals surface area contributed by atoms with Gasteiger partial charge in [0.2, 0.25) is 5.82 Å². The van der Waals surface area contributed by atoms with E-state index in [4.69, 9.17) is 0 Å². The lowest BCUT2D eigenvalue weighted by Gasteiger charge is -2.13. The van der Waals surface area contributed by atoms with Gasteiger partial charge in [0.1, 0.15) is 0 Å². The normalized spacial score (nSPS) is 11.0. The van der Waals surface area contributed by atoms with Crippen LogP contribution in [0.1, 0.15) is 42.1 Å². The van der Waals surface area contributed by atoms with Gasteiger partial charge in [0.15, 0.2) is 0 Å². The second-order valence-corrected chi connectivity index (χ2v) is 7.31. The molecule has 0 bridgehead atoms. The van der Waals surface area contributed by atoms with Crippen molar-refractivity contribution >= 4 is 0 Å². The number of hydrogen-bond acceptors (Lipinski definition) is 4. The fourth-order valence-corrected chi connectivity index (χ4v) is 3.66. The quantitative estimate of drug-likeness (QED) is 0.478. The molecule has 2 heterocycles. The molecule has 0 aliphatic rings. The molecular formula is C24H25N5. The fraction of sp³-hybridized carbons (Fsp3) is 0.250. The number of benzene rings is 2. The highest BCUT2D eigenvalue weighted by atomic mass is 15.5. The Kier molecular flexibility index (Phi) is 5.75. The summed E-state index contributed by atoms with van der Waals surface area (Å²) in [6.07, 6.45) is 6.25. The number of aromatic amines is 1. The third-order valence-corrected chi connectivity index (χ3v) is 5.31. The van der Waals surface area contributed by atoms with Crippen molar-refractivity contribution in [3.8, 4) is 22.5 Å². The van der Waals surface area contributed by atoms with Gasteiger partial charge in [-0.3, -0.25) is 4.98 Å². The molecule has 0 aliphatic heterocycles. The molecule has 0 aliphatic carbocycles. The Morgan fingerprint density at radius 2 is 1.72 bits per heavy atom. The van der Waals surface area contributed by atoms with Crippen molar-refractivity contribution in [2.45, 2.75) is 39.5 Å². The number of pyridine rings is 1. The first kappa shape index (κ1) is 19.0. The first-order valence-corrected chi connectivity index (χ1v) is 10.1. The van der Waals surface area contributed by atoms with Crippen LogP contribution in [0.3, 0.4) is 0 Å². The van der Waals surface area contributed by atoms with E-state index in [2.05, 4.69) is 75.9 Å². The third-order valence-electron chi connectivity index (χ3n) is 5.31. The van der Waals surface area contributed by atoms with E-state index < -0.39 is 0 Å². The van der Waals surface area contributed by atoms with E-state index in [1.54, 1.807) is 0 Å². The van der Waals surface area contributed by atoms with Crippen LogP contribution in [-0.2, 0) is 12.8 Å². The second-order valence-electron chi connectivity index (χ2n) is 7.31. The van der Waals surface area contributed by atoms with Crippen LogP contribution in [-0.4, -0.2) is 25.6 Å². The summed E-state index contributed by atoms with van der Waals surface area (Å²) in [5.41, 5.74) is 8.42. The zero-order chi connectivity index (χ0) is 20.1. The molecule has 0 unspecified atom stereocenters. The largest absolute Gasteiger partial charge is 0.261 e. The third kappa shape index (κ3) is 4.24. The number of aromatic nitrogens is 5. The summed E-state index contributed by atoms with van der Waals surface area (Å²) >= 11 is 0. The van der Waals surface area contributed by atoms with Crippen LogP contribution in [0, 0.1) is 6.92 Å². The molecule has 146 valence electrons.